The number of carbonyl (C=O) groups excluding carboxylic acids is 1. The Morgan fingerprint density at radius 2 is 1.43 bits per heavy atom. The lowest BCUT2D eigenvalue weighted by Gasteiger charge is -2.43. The highest BCUT2D eigenvalue weighted by Gasteiger charge is 2.45. The number of hydrogen-bond acceptors (Lipinski definition) is 10. The van der Waals surface area contributed by atoms with Gasteiger partial charge in [0, 0.05) is 35.3 Å². The van der Waals surface area contributed by atoms with Gasteiger partial charge in [-0.2, -0.15) is 10.2 Å². The summed E-state index contributed by atoms with van der Waals surface area (Å²) in [7, 11) is 1.28. The first-order chi connectivity index (χ1) is 30.4. The molecule has 6 rings (SSSR count). The van der Waals surface area contributed by atoms with Crippen molar-refractivity contribution >= 4 is 20.3 Å². The summed E-state index contributed by atoms with van der Waals surface area (Å²) in [5.74, 6) is 0.271. The highest BCUT2D eigenvalue weighted by atomic mass is 31.2. The van der Waals surface area contributed by atoms with E-state index in [0.29, 0.717) is 22.6 Å². The summed E-state index contributed by atoms with van der Waals surface area (Å²) in [5, 5.41) is 12.1. The lowest BCUT2D eigenvalue weighted by molar-refractivity contribution is -0.0479. The molecule has 1 heterocycles. The minimum absolute atomic E-state index is 0.0391. The number of methoxy groups -OCH3 is 2. The average molecular weight is 876 g/mol. The number of alkyl halides is 1. The number of aryl methyl sites for hydroxylation is 1. The van der Waals surface area contributed by atoms with Crippen LogP contribution in [0.4, 0.5) is 10.2 Å². The molecule has 63 heavy (non-hydrogen) atoms. The standard InChI is InChI=1S/C49H55FN5O7P/c1-33(2)55(34(3)4)63(61-30-14-29-51)62-45-37(19-28-43(44(45)50)54-31-35(5)46(53-48(54)57)52-47(56)36-15-10-8-11-16-36)32-60-49(38-17-12-9-13-18-38,39-20-24-41(58-6)25-21-39)40-22-26-42(59-7)27-23-40/h8-13,15-28,31,33-34,37,43-45H,14,30,32H2,1-7H3,(H,52,53,56,57)/t37-,43-,44+,45-,63?/m1/s1. The number of ether oxygens (including phenoxy) is 3. The number of anilines is 1. The second kappa shape index (κ2) is 21.6. The number of halogens is 1. The molecule has 0 saturated carbocycles. The first-order valence-corrected chi connectivity index (χ1v) is 22.1. The first-order valence-electron chi connectivity index (χ1n) is 20.9. The van der Waals surface area contributed by atoms with Gasteiger partial charge in [-0.25, -0.2) is 13.9 Å². The summed E-state index contributed by atoms with van der Waals surface area (Å²) in [4.78, 5) is 31.0. The zero-order chi connectivity index (χ0) is 45.1. The van der Waals surface area contributed by atoms with Crippen molar-refractivity contribution in [1.82, 2.24) is 14.2 Å². The van der Waals surface area contributed by atoms with Gasteiger partial charge >= 0.3 is 5.69 Å². The predicted octanol–water partition coefficient (Wildman–Crippen LogP) is 9.56. The van der Waals surface area contributed by atoms with Crippen molar-refractivity contribution in [3.63, 3.8) is 0 Å². The van der Waals surface area contributed by atoms with Crippen LogP contribution in [0.15, 0.2) is 132 Å². The molecule has 0 spiro atoms. The number of nitriles is 1. The predicted molar refractivity (Wildman–Crippen MR) is 243 cm³/mol. The minimum atomic E-state index is -1.94. The number of benzene rings is 4. The van der Waals surface area contributed by atoms with E-state index in [-0.39, 0.29) is 37.5 Å². The topological polar surface area (TPSA) is 137 Å². The van der Waals surface area contributed by atoms with Gasteiger partial charge in [-0.3, -0.25) is 9.36 Å². The first kappa shape index (κ1) is 46.8. The van der Waals surface area contributed by atoms with E-state index in [1.54, 1.807) is 57.6 Å². The molecular weight excluding hydrogens is 821 g/mol. The van der Waals surface area contributed by atoms with E-state index in [1.165, 1.54) is 10.8 Å². The van der Waals surface area contributed by atoms with Crippen molar-refractivity contribution < 1.29 is 32.4 Å². The summed E-state index contributed by atoms with van der Waals surface area (Å²) in [6, 6.07) is 34.5. The van der Waals surface area contributed by atoms with Crippen LogP contribution in [0, 0.1) is 24.2 Å². The summed E-state index contributed by atoms with van der Waals surface area (Å²) in [6.45, 7) is 9.76. The lowest BCUT2D eigenvalue weighted by atomic mass is 9.79. The van der Waals surface area contributed by atoms with E-state index >= 15 is 4.39 Å². The average Bonchev–Trinajstić information content (AvgIpc) is 3.29. The number of nitrogens with zero attached hydrogens (tertiary/aromatic N) is 4. The second-order valence-electron chi connectivity index (χ2n) is 15.7. The maximum Gasteiger partial charge on any atom is 0.350 e. The van der Waals surface area contributed by atoms with E-state index in [9.17, 15) is 14.9 Å². The van der Waals surface area contributed by atoms with E-state index in [4.69, 9.17) is 23.3 Å². The Balaban J connectivity index is 1.44. The zero-order valence-corrected chi connectivity index (χ0v) is 37.6. The number of hydrogen-bond donors (Lipinski definition) is 1. The van der Waals surface area contributed by atoms with Gasteiger partial charge in [0.1, 0.15) is 29.0 Å². The van der Waals surface area contributed by atoms with Crippen LogP contribution in [0.1, 0.15) is 72.8 Å². The van der Waals surface area contributed by atoms with E-state index in [1.807, 2.05) is 117 Å². The maximum atomic E-state index is 17.8. The van der Waals surface area contributed by atoms with Crippen molar-refractivity contribution in [2.45, 2.75) is 77.0 Å². The van der Waals surface area contributed by atoms with E-state index in [0.717, 1.165) is 16.7 Å². The molecule has 0 radical (unpaired) electrons. The van der Waals surface area contributed by atoms with Gasteiger partial charge in [-0.1, -0.05) is 84.9 Å². The largest absolute Gasteiger partial charge is 0.497 e. The molecule has 1 aliphatic rings. The number of allylic oxidation sites excluding steroid dienone is 1. The van der Waals surface area contributed by atoms with Gasteiger partial charge in [-0.15, -0.1) is 0 Å². The van der Waals surface area contributed by atoms with Gasteiger partial charge < -0.3 is 28.6 Å². The molecule has 1 N–H and O–H groups in total. The van der Waals surface area contributed by atoms with Crippen LogP contribution in [-0.4, -0.2) is 71.9 Å². The molecule has 0 aliphatic heterocycles. The molecular formula is C49H55FN5O7P. The molecule has 1 amide bonds. The van der Waals surface area contributed by atoms with Gasteiger partial charge in [0.2, 0.25) is 0 Å². The SMILES string of the molecule is COc1ccc(C(OC[C@H]2C=C[C@@H](n3cc(C)c(NC(=O)c4ccccc4)nc3=O)[C@H](F)[C@@H]2OP(OCCC#N)N(C(C)C)C(C)C)(c2ccccc2)c2ccc(OC)cc2)cc1. The number of amides is 1. The van der Waals surface area contributed by atoms with Crippen LogP contribution in [0.3, 0.4) is 0 Å². The molecule has 14 heteroatoms. The highest BCUT2D eigenvalue weighted by molar-refractivity contribution is 7.44. The monoisotopic (exact) mass is 875 g/mol. The van der Waals surface area contributed by atoms with Gasteiger partial charge in [0.05, 0.1) is 46.0 Å². The molecule has 5 aromatic rings. The smallest absolute Gasteiger partial charge is 0.350 e. The van der Waals surface area contributed by atoms with Gasteiger partial charge in [0.25, 0.3) is 14.4 Å². The molecule has 330 valence electrons. The molecule has 5 atom stereocenters. The van der Waals surface area contributed by atoms with Crippen LogP contribution < -0.4 is 20.5 Å². The normalized spacial score (nSPS) is 18.0. The third-order valence-electron chi connectivity index (χ3n) is 10.9. The molecule has 4 aromatic carbocycles. The highest BCUT2D eigenvalue weighted by Crippen LogP contribution is 2.51. The Kier molecular flexibility index (Phi) is 16.0. The Morgan fingerprint density at radius 1 is 0.873 bits per heavy atom. The Morgan fingerprint density at radius 3 is 1.97 bits per heavy atom. The second-order valence-corrected chi connectivity index (χ2v) is 17.1. The van der Waals surface area contributed by atoms with Crippen molar-refractivity contribution in [2.75, 3.05) is 32.8 Å². The van der Waals surface area contributed by atoms with Gasteiger partial charge in [0.15, 0.2) is 6.17 Å². The molecule has 0 saturated heterocycles. The summed E-state index contributed by atoms with van der Waals surface area (Å²) in [5.41, 5.74) is 1.31. The molecule has 12 nitrogen and oxygen atoms in total. The fourth-order valence-corrected chi connectivity index (χ4v) is 9.59. The third-order valence-corrected chi connectivity index (χ3v) is 13.0. The van der Waals surface area contributed by atoms with Crippen LogP contribution in [0.25, 0.3) is 0 Å². The maximum absolute atomic E-state index is 17.8. The van der Waals surface area contributed by atoms with Crippen molar-refractivity contribution in [2.24, 2.45) is 5.92 Å². The number of aromatic nitrogens is 2. The molecule has 1 aliphatic carbocycles. The molecule has 1 aromatic heterocycles. The number of nitrogens with one attached hydrogen (secondary N) is 1. The van der Waals surface area contributed by atoms with Crippen LogP contribution in [0.2, 0.25) is 0 Å². The van der Waals surface area contributed by atoms with Crippen molar-refractivity contribution in [3.05, 3.63) is 166 Å². The molecule has 0 bridgehead atoms. The Bertz CT molecular complexity index is 2340. The molecule has 0 fully saturated rings. The third kappa shape index (κ3) is 10.7. The van der Waals surface area contributed by atoms with E-state index in [2.05, 4.69) is 16.4 Å². The van der Waals surface area contributed by atoms with Crippen molar-refractivity contribution in [3.8, 4) is 17.6 Å². The van der Waals surface area contributed by atoms with Crippen LogP contribution in [0.5, 0.6) is 11.5 Å². The Hall–Kier alpha value is -5.74. The Labute approximate surface area is 370 Å². The minimum Gasteiger partial charge on any atom is -0.497 e. The quantitative estimate of drug-likeness (QED) is 0.0370. The van der Waals surface area contributed by atoms with Crippen LogP contribution in [-0.2, 0) is 19.4 Å². The fourth-order valence-electron chi connectivity index (χ4n) is 7.81. The zero-order valence-electron chi connectivity index (χ0n) is 36.7. The summed E-state index contributed by atoms with van der Waals surface area (Å²) < 4.78 is 52.6. The molecule has 1 unspecified atom stereocenters. The van der Waals surface area contributed by atoms with Gasteiger partial charge in [-0.05, 0) is 87.7 Å². The van der Waals surface area contributed by atoms with Crippen LogP contribution >= 0.6 is 8.53 Å². The fraction of sp³-hybridized carbons (Fsp3) is 0.347. The number of rotatable bonds is 19. The number of carbonyl (C=O) groups is 1. The summed E-state index contributed by atoms with van der Waals surface area (Å²) in [6.07, 6.45) is 2.06. The van der Waals surface area contributed by atoms with Crippen molar-refractivity contribution in [1.29, 1.82) is 5.26 Å². The summed E-state index contributed by atoms with van der Waals surface area (Å²) >= 11 is 0. The van der Waals surface area contributed by atoms with E-state index < -0.39 is 50.0 Å². The lowest BCUT2D eigenvalue weighted by Crippen LogP contribution is -2.47.